The van der Waals surface area contributed by atoms with Crippen LogP contribution in [0.5, 0.6) is 0 Å². The van der Waals surface area contributed by atoms with E-state index in [-0.39, 0.29) is 5.82 Å². The van der Waals surface area contributed by atoms with Crippen LogP contribution in [0.1, 0.15) is 71.9 Å². The molecule has 0 spiro atoms. The van der Waals surface area contributed by atoms with Gasteiger partial charge in [0.05, 0.1) is 57.4 Å². The van der Waals surface area contributed by atoms with Gasteiger partial charge in [0.2, 0.25) is 11.6 Å². The molecule has 1 unspecified atom stereocenters. The van der Waals surface area contributed by atoms with Gasteiger partial charge in [0.15, 0.2) is 5.82 Å². The zero-order chi connectivity index (χ0) is 69.5. The van der Waals surface area contributed by atoms with Gasteiger partial charge in [-0.3, -0.25) is 4.57 Å². The molecule has 6 aliphatic rings. The summed E-state index contributed by atoms with van der Waals surface area (Å²) in [4.78, 5) is 9.58. The zero-order valence-corrected chi connectivity index (χ0v) is 57.9. The van der Waals surface area contributed by atoms with Crippen molar-refractivity contribution >= 4 is 11.4 Å². The smallest absolute Gasteiger partial charge is 0.203 e. The lowest BCUT2D eigenvalue weighted by molar-refractivity contribution is 0.249. The molecule has 18 rings (SSSR count). The number of fused-ring (bicyclic) bond motifs is 15. The van der Waals surface area contributed by atoms with Crippen LogP contribution in [0.25, 0.3) is 85.0 Å². The second-order valence-corrected chi connectivity index (χ2v) is 28.5. The molecule has 23 heteroatoms. The van der Waals surface area contributed by atoms with Crippen molar-refractivity contribution in [3.63, 3.8) is 0 Å². The van der Waals surface area contributed by atoms with Crippen LogP contribution in [0.15, 0.2) is 171 Å². The van der Waals surface area contributed by atoms with Crippen molar-refractivity contribution < 1.29 is 4.39 Å². The Morgan fingerprint density at radius 2 is 1.06 bits per heavy atom. The lowest BCUT2D eigenvalue weighted by Crippen LogP contribution is -2.42. The predicted molar refractivity (Wildman–Crippen MR) is 393 cm³/mol. The van der Waals surface area contributed by atoms with Gasteiger partial charge < -0.3 is 44.4 Å². The van der Waals surface area contributed by atoms with Crippen molar-refractivity contribution in [2.45, 2.75) is 76.7 Å². The molecule has 0 radical (unpaired) electrons. The van der Waals surface area contributed by atoms with Crippen molar-refractivity contribution in [3.05, 3.63) is 210 Å². The third-order valence-corrected chi connectivity index (χ3v) is 21.1. The summed E-state index contributed by atoms with van der Waals surface area (Å²) in [6.07, 6.45) is 16.3. The minimum atomic E-state index is -0.237. The molecule has 102 heavy (non-hydrogen) atoms. The molecule has 6 aromatic heterocycles. The first kappa shape index (κ1) is 65.4. The van der Waals surface area contributed by atoms with Crippen LogP contribution >= 0.6 is 0 Å². The van der Waals surface area contributed by atoms with E-state index in [1.807, 2.05) is 64.2 Å². The lowest BCUT2D eigenvalue weighted by atomic mass is 9.77. The summed E-state index contributed by atoms with van der Waals surface area (Å²) in [6.45, 7) is 9.81. The fraction of sp³-hybridized carbons (Fsp3) is 0.316. The fourth-order valence-corrected chi connectivity index (χ4v) is 15.6. The first-order valence-electron chi connectivity index (χ1n) is 35.3. The average Bonchev–Trinajstić information content (AvgIpc) is 1.62. The van der Waals surface area contributed by atoms with Crippen LogP contribution < -0.4 is 20.9 Å². The van der Waals surface area contributed by atoms with Crippen molar-refractivity contribution in [2.24, 2.45) is 17.6 Å². The summed E-state index contributed by atoms with van der Waals surface area (Å²) < 4.78 is 25.8. The Bertz CT molecular complexity index is 5080. The highest BCUT2D eigenvalue weighted by molar-refractivity contribution is 5.75. The Hall–Kier alpha value is -11.2. The first-order valence-corrected chi connectivity index (χ1v) is 35.3. The van der Waals surface area contributed by atoms with E-state index >= 15 is 0 Å². The third kappa shape index (κ3) is 13.3. The minimum Gasteiger partial charge on any atom is -0.371 e. The van der Waals surface area contributed by atoms with Gasteiger partial charge >= 0.3 is 0 Å². The Labute approximate surface area is 592 Å². The van der Waals surface area contributed by atoms with E-state index in [0.29, 0.717) is 47.4 Å². The second kappa shape index (κ2) is 28.1. The Morgan fingerprint density at radius 3 is 1.61 bits per heavy atom. The molecule has 0 bridgehead atoms. The number of hydrogen-bond acceptors (Lipinski definition) is 16. The number of nitrogens with zero attached hydrogens (tertiary/aromatic N) is 20. The molecular formula is C79H81FN22. The van der Waals surface area contributed by atoms with Crippen molar-refractivity contribution in [2.75, 3.05) is 83.8 Å². The molecule has 6 aromatic carbocycles. The van der Waals surface area contributed by atoms with E-state index in [2.05, 4.69) is 216 Å². The molecule has 1 aliphatic carbocycles. The van der Waals surface area contributed by atoms with Gasteiger partial charge in [0.1, 0.15) is 12.1 Å². The third-order valence-electron chi connectivity index (χ3n) is 21.1. The molecule has 5 aliphatic heterocycles. The van der Waals surface area contributed by atoms with Gasteiger partial charge in [0.25, 0.3) is 0 Å². The van der Waals surface area contributed by atoms with E-state index in [1.54, 1.807) is 12.1 Å². The summed E-state index contributed by atoms with van der Waals surface area (Å²) in [7, 11) is 8.60. The molecular weight excluding hydrogens is 1280 g/mol. The number of aromatic nitrogens is 14. The maximum absolute atomic E-state index is 13.4. The quantitative estimate of drug-likeness (QED) is 0.0964. The van der Waals surface area contributed by atoms with Crippen LogP contribution in [-0.2, 0) is 26.1 Å². The number of rotatable bonds is 14. The van der Waals surface area contributed by atoms with E-state index in [4.69, 9.17) is 16.3 Å². The van der Waals surface area contributed by atoms with Crippen molar-refractivity contribution in [3.8, 4) is 97.1 Å². The highest BCUT2D eigenvalue weighted by atomic mass is 19.1. The molecule has 1 saturated carbocycles. The number of halogens is 1. The highest BCUT2D eigenvalue weighted by Gasteiger charge is 2.31. The van der Waals surface area contributed by atoms with Crippen LogP contribution in [0, 0.1) is 40.3 Å². The molecule has 11 heterocycles. The molecule has 22 nitrogen and oxygen atoms in total. The molecule has 1 atom stereocenters. The van der Waals surface area contributed by atoms with Gasteiger partial charge in [0, 0.05) is 105 Å². The monoisotopic (exact) mass is 1360 g/mol. The van der Waals surface area contributed by atoms with Crippen molar-refractivity contribution in [1.29, 1.82) is 10.5 Å². The SMILES string of the molecule is CN(C)C1CCN(c2ccc3c(c2)Cn2cc(-c4ccc(F)cc4)cc2-c2nnnn2-3)CC1.CN(C)CCCNCC1CCN(c2ccc3c(c2)Cn2cc(-c4ccc(C#N)cc4)cc2-c2nncn2-3)C1.N#Cc1ccc(-c2cc3n(c2)Cc2cc(CC4CC(N)C4)ccc2-n2nnnc2-3)cc1. The number of hydrogen-bond donors (Lipinski definition) is 2. The highest BCUT2D eigenvalue weighted by Crippen LogP contribution is 2.40. The summed E-state index contributed by atoms with van der Waals surface area (Å²) in [5.74, 6) is 3.42. The summed E-state index contributed by atoms with van der Waals surface area (Å²) in [5, 5.41) is 55.7. The molecule has 2 saturated heterocycles. The normalized spacial score (nSPS) is 16.9. The van der Waals surface area contributed by atoms with Crippen molar-refractivity contribution in [1.82, 2.24) is 84.0 Å². The van der Waals surface area contributed by atoms with E-state index in [1.165, 1.54) is 71.4 Å². The van der Waals surface area contributed by atoms with E-state index < -0.39 is 0 Å². The van der Waals surface area contributed by atoms with Gasteiger partial charge in [-0.15, -0.1) is 20.4 Å². The molecule has 514 valence electrons. The maximum atomic E-state index is 13.4. The lowest BCUT2D eigenvalue weighted by Gasteiger charge is -2.36. The molecule has 0 amide bonds. The van der Waals surface area contributed by atoms with E-state index in [9.17, 15) is 4.39 Å². The number of benzene rings is 6. The predicted octanol–water partition coefficient (Wildman–Crippen LogP) is 11.1. The second-order valence-electron chi connectivity index (χ2n) is 28.5. The van der Waals surface area contributed by atoms with Gasteiger partial charge in [-0.05, 0) is 261 Å². The number of piperidine rings is 1. The van der Waals surface area contributed by atoms with E-state index in [0.717, 1.165) is 157 Å². The topological polar surface area (TPSA) is 231 Å². The molecule has 3 N–H and O–H groups in total. The Morgan fingerprint density at radius 1 is 0.549 bits per heavy atom. The number of nitriles is 2. The summed E-state index contributed by atoms with van der Waals surface area (Å²) in [6, 6.07) is 53.8. The zero-order valence-electron chi connectivity index (χ0n) is 57.9. The van der Waals surface area contributed by atoms with Crippen LogP contribution in [0.4, 0.5) is 15.8 Å². The fourth-order valence-electron chi connectivity index (χ4n) is 15.6. The molecule has 12 aromatic rings. The van der Waals surface area contributed by atoms with Gasteiger partial charge in [-0.25, -0.2) is 4.39 Å². The summed E-state index contributed by atoms with van der Waals surface area (Å²) >= 11 is 0. The maximum Gasteiger partial charge on any atom is 0.203 e. The first-order chi connectivity index (χ1) is 49.8. The van der Waals surface area contributed by atoms with Gasteiger partial charge in [-0.2, -0.15) is 19.9 Å². The Balaban J connectivity index is 0.000000119. The molecule has 3 fully saturated rings. The van der Waals surface area contributed by atoms with Crippen LogP contribution in [0.3, 0.4) is 0 Å². The Kier molecular flexibility index (Phi) is 18.0. The average molecular weight is 1360 g/mol. The number of anilines is 2. The standard InChI is InChI=1S/C30H34N8.C25H26FN7.C24H21N7/c1-35(2)12-3-11-32-17-23-10-13-36(18-23)27-8-9-28-26(14-27)20-37-19-25(24-6-4-22(16-31)5-7-24)15-29(37)30-34-33-21-38(28)30;1-30(2)21-9-11-31(12-10-21)22-7-8-23-19(13-22)16-32-15-18(17-3-5-20(26)6-4-17)14-24(32)25-27-28-29-33(23)25;25-12-15-1-4-18(5-2-15)19-11-23-24-27-28-29-31(24)22-6-3-16(7-17-9-21(26)10-17)8-20(22)14-30(23)13-19/h4-9,14-15,19,21,23,32H,3,10-13,17-18,20H2,1-2H3;3-8,13-15,21H,9-12,16H2,1-2H3;1-6,8,11,13,17,21H,7,9-10,14,26H2. The number of nitrogens with two attached hydrogens (primary N) is 1. The van der Waals surface area contributed by atoms with Crippen LogP contribution in [-0.4, -0.2) is 165 Å². The largest absolute Gasteiger partial charge is 0.371 e. The summed E-state index contributed by atoms with van der Waals surface area (Å²) in [5.41, 5.74) is 27.3. The minimum absolute atomic E-state index is 0.237. The van der Waals surface area contributed by atoms with Crippen LogP contribution in [0.2, 0.25) is 0 Å². The number of nitrogens with one attached hydrogen (secondary N) is 1. The number of tetrazole rings is 2. The van der Waals surface area contributed by atoms with Gasteiger partial charge in [-0.1, -0.05) is 48.5 Å².